The minimum Gasteiger partial charge on any atom is -0.489 e. The summed E-state index contributed by atoms with van der Waals surface area (Å²) in [6.45, 7) is 0. The number of ketones is 2. The van der Waals surface area contributed by atoms with Gasteiger partial charge in [-0.05, 0) is 29.7 Å². The maximum Gasteiger partial charge on any atom is 0.147 e. The highest BCUT2D eigenvalue weighted by Gasteiger charge is 2.69. The maximum atomic E-state index is 12.9. The summed E-state index contributed by atoms with van der Waals surface area (Å²) >= 11 is 0. The van der Waals surface area contributed by atoms with Gasteiger partial charge in [-0.15, -0.1) is 0 Å². The highest BCUT2D eigenvalue weighted by molar-refractivity contribution is 5.99. The fourth-order valence-corrected chi connectivity index (χ4v) is 6.06. The number of Topliss-reactive ketones (excluding diaryl/α,β-unsaturated/α-hetero) is 2. The molecule has 2 aromatic carbocycles. The van der Waals surface area contributed by atoms with Crippen molar-refractivity contribution in [2.45, 2.75) is 12.5 Å². The van der Waals surface area contributed by atoms with Crippen molar-refractivity contribution in [3.8, 4) is 5.75 Å². The van der Waals surface area contributed by atoms with Gasteiger partial charge in [0.1, 0.15) is 23.4 Å². The SMILES string of the molecule is O=C1C2C=CC1C1C3C(=O)C(CC3Oc3cccc4ccccc34)C21. The lowest BCUT2D eigenvalue weighted by atomic mass is 9.72. The lowest BCUT2D eigenvalue weighted by molar-refractivity contribution is -0.125. The third-order valence-corrected chi connectivity index (χ3v) is 6.94. The molecule has 7 atom stereocenters. The molecule has 4 aliphatic carbocycles. The maximum absolute atomic E-state index is 12.9. The van der Waals surface area contributed by atoms with Crippen LogP contribution in [0.25, 0.3) is 10.8 Å². The summed E-state index contributed by atoms with van der Waals surface area (Å²) in [6, 6.07) is 14.2. The predicted molar refractivity (Wildman–Crippen MR) is 93.1 cm³/mol. The van der Waals surface area contributed by atoms with Crippen molar-refractivity contribution in [1.29, 1.82) is 0 Å². The van der Waals surface area contributed by atoms with Crippen molar-refractivity contribution in [2.75, 3.05) is 0 Å². The van der Waals surface area contributed by atoms with E-state index in [9.17, 15) is 9.59 Å². The average molecular weight is 330 g/mol. The first-order chi connectivity index (χ1) is 12.2. The predicted octanol–water partition coefficient (Wildman–Crippen LogP) is 3.42. The van der Waals surface area contributed by atoms with Crippen LogP contribution in [0.3, 0.4) is 0 Å². The van der Waals surface area contributed by atoms with Crippen molar-refractivity contribution < 1.29 is 14.3 Å². The summed E-state index contributed by atoms with van der Waals surface area (Å²) in [7, 11) is 0. The van der Waals surface area contributed by atoms with Crippen molar-refractivity contribution in [1.82, 2.24) is 0 Å². The minimum absolute atomic E-state index is 0.00699. The zero-order chi connectivity index (χ0) is 16.7. The summed E-state index contributed by atoms with van der Waals surface area (Å²) < 4.78 is 6.39. The van der Waals surface area contributed by atoms with E-state index in [-0.39, 0.29) is 41.6 Å². The summed E-state index contributed by atoms with van der Waals surface area (Å²) in [5.74, 6) is 1.79. The fourth-order valence-electron chi connectivity index (χ4n) is 6.06. The third kappa shape index (κ3) is 1.61. The second-order valence-corrected chi connectivity index (χ2v) is 7.90. The van der Waals surface area contributed by atoms with E-state index in [2.05, 4.69) is 18.2 Å². The molecule has 0 saturated heterocycles. The Morgan fingerprint density at radius 1 is 0.840 bits per heavy atom. The summed E-state index contributed by atoms with van der Waals surface area (Å²) in [6.07, 6.45) is 4.75. The normalized spacial score (nSPS) is 40.2. The second kappa shape index (κ2) is 4.60. The molecule has 2 aromatic rings. The minimum atomic E-state index is -0.113. The van der Waals surface area contributed by atoms with Crippen LogP contribution in [0.5, 0.6) is 5.75 Å². The van der Waals surface area contributed by atoms with Crippen LogP contribution in [-0.4, -0.2) is 17.7 Å². The van der Waals surface area contributed by atoms with Gasteiger partial charge < -0.3 is 4.74 Å². The highest BCUT2D eigenvalue weighted by Crippen LogP contribution is 2.63. The molecule has 4 bridgehead atoms. The van der Waals surface area contributed by atoms with Gasteiger partial charge in [0, 0.05) is 23.1 Å². The molecule has 3 nitrogen and oxygen atoms in total. The Labute approximate surface area is 145 Å². The molecule has 0 amide bonds. The van der Waals surface area contributed by atoms with E-state index in [1.54, 1.807) is 0 Å². The topological polar surface area (TPSA) is 43.4 Å². The van der Waals surface area contributed by atoms with E-state index < -0.39 is 0 Å². The molecule has 0 heterocycles. The Balaban J connectivity index is 1.37. The zero-order valence-corrected chi connectivity index (χ0v) is 13.7. The van der Waals surface area contributed by atoms with Gasteiger partial charge in [-0.3, -0.25) is 9.59 Å². The van der Waals surface area contributed by atoms with E-state index in [1.807, 2.05) is 36.4 Å². The fraction of sp³-hybridized carbons (Fsp3) is 0.364. The smallest absolute Gasteiger partial charge is 0.147 e. The first kappa shape index (κ1) is 13.8. The van der Waals surface area contributed by atoms with E-state index in [0.717, 1.165) is 22.9 Å². The molecule has 3 saturated carbocycles. The molecule has 0 N–H and O–H groups in total. The lowest BCUT2D eigenvalue weighted by Crippen LogP contribution is -2.37. The Hall–Kier alpha value is -2.42. The number of carbonyl (C=O) groups is 2. The van der Waals surface area contributed by atoms with Gasteiger partial charge in [0.25, 0.3) is 0 Å². The van der Waals surface area contributed by atoms with Crippen molar-refractivity contribution in [3.63, 3.8) is 0 Å². The van der Waals surface area contributed by atoms with Crippen molar-refractivity contribution in [2.24, 2.45) is 35.5 Å². The van der Waals surface area contributed by atoms with Crippen LogP contribution in [0.4, 0.5) is 0 Å². The number of carbonyl (C=O) groups excluding carboxylic acids is 2. The van der Waals surface area contributed by atoms with Gasteiger partial charge in [-0.25, -0.2) is 0 Å². The van der Waals surface area contributed by atoms with Gasteiger partial charge in [0.05, 0.1) is 5.92 Å². The van der Waals surface area contributed by atoms with E-state index in [1.165, 1.54) is 0 Å². The zero-order valence-electron chi connectivity index (χ0n) is 13.7. The van der Waals surface area contributed by atoms with Gasteiger partial charge in [-0.2, -0.15) is 0 Å². The Bertz CT molecular complexity index is 953. The standard InChI is InChI=1S/C22H18O3/c23-21-13-8-9-14(21)19-18(13)15-10-17(20(19)22(15)24)25-16-7-3-5-11-4-1-2-6-12(11)16/h1-9,13-15,17-20H,10H2. The van der Waals surface area contributed by atoms with Crippen LogP contribution in [-0.2, 0) is 9.59 Å². The van der Waals surface area contributed by atoms with Gasteiger partial charge in [0.15, 0.2) is 0 Å². The Kier molecular flexibility index (Phi) is 2.54. The van der Waals surface area contributed by atoms with Crippen LogP contribution in [0, 0.1) is 35.5 Å². The molecule has 0 radical (unpaired) electrons. The van der Waals surface area contributed by atoms with Gasteiger partial charge in [0.2, 0.25) is 0 Å². The number of benzene rings is 2. The van der Waals surface area contributed by atoms with E-state index >= 15 is 0 Å². The first-order valence-electron chi connectivity index (χ1n) is 9.14. The van der Waals surface area contributed by atoms with E-state index in [0.29, 0.717) is 11.6 Å². The molecule has 124 valence electrons. The molecule has 0 aromatic heterocycles. The lowest BCUT2D eigenvalue weighted by Gasteiger charge is -2.34. The molecule has 0 aliphatic heterocycles. The van der Waals surface area contributed by atoms with E-state index in [4.69, 9.17) is 4.74 Å². The number of rotatable bonds is 2. The monoisotopic (exact) mass is 330 g/mol. The quantitative estimate of drug-likeness (QED) is 0.626. The average Bonchev–Trinajstić information content (AvgIpc) is 3.32. The molecule has 0 spiro atoms. The van der Waals surface area contributed by atoms with Crippen LogP contribution in [0.2, 0.25) is 0 Å². The largest absolute Gasteiger partial charge is 0.489 e. The number of allylic oxidation sites excluding steroid dienone is 2. The second-order valence-electron chi connectivity index (χ2n) is 7.90. The number of fused-ring (bicyclic) bond motifs is 10. The number of ether oxygens (including phenoxy) is 1. The summed E-state index contributed by atoms with van der Waals surface area (Å²) in [4.78, 5) is 25.3. The Morgan fingerprint density at radius 3 is 2.48 bits per heavy atom. The number of hydrogen-bond donors (Lipinski definition) is 0. The molecule has 25 heavy (non-hydrogen) atoms. The van der Waals surface area contributed by atoms with Crippen LogP contribution in [0.1, 0.15) is 6.42 Å². The van der Waals surface area contributed by atoms with Crippen LogP contribution < -0.4 is 4.74 Å². The highest BCUT2D eigenvalue weighted by atomic mass is 16.5. The summed E-state index contributed by atoms with van der Waals surface area (Å²) in [5.41, 5.74) is 0. The molecule has 3 fully saturated rings. The molecule has 3 heteroatoms. The summed E-state index contributed by atoms with van der Waals surface area (Å²) in [5, 5.41) is 2.23. The Morgan fingerprint density at radius 2 is 1.60 bits per heavy atom. The molecule has 4 aliphatic rings. The van der Waals surface area contributed by atoms with Crippen molar-refractivity contribution in [3.05, 3.63) is 54.6 Å². The number of hydrogen-bond acceptors (Lipinski definition) is 3. The van der Waals surface area contributed by atoms with Gasteiger partial charge >= 0.3 is 0 Å². The molecular formula is C22H18O3. The molecular weight excluding hydrogens is 312 g/mol. The first-order valence-corrected chi connectivity index (χ1v) is 9.14. The molecule has 7 unspecified atom stereocenters. The van der Waals surface area contributed by atoms with Gasteiger partial charge in [-0.1, -0.05) is 48.6 Å². The van der Waals surface area contributed by atoms with Crippen LogP contribution >= 0.6 is 0 Å². The molecule has 6 rings (SSSR count). The van der Waals surface area contributed by atoms with Crippen LogP contribution in [0.15, 0.2) is 54.6 Å². The third-order valence-electron chi connectivity index (χ3n) is 6.94. The van der Waals surface area contributed by atoms with Crippen molar-refractivity contribution >= 4 is 22.3 Å².